The van der Waals surface area contributed by atoms with Crippen LogP contribution in [0.1, 0.15) is 49.9 Å². The molecule has 0 saturated heterocycles. The molecule has 0 aliphatic heterocycles. The fourth-order valence-electron chi connectivity index (χ4n) is 1.53. The van der Waals surface area contributed by atoms with E-state index in [0.29, 0.717) is 5.56 Å². The normalized spacial score (nSPS) is 10.4. The van der Waals surface area contributed by atoms with E-state index in [4.69, 9.17) is 20.4 Å². The molecule has 0 aliphatic rings. The Labute approximate surface area is 137 Å². The predicted molar refractivity (Wildman–Crippen MR) is 88.5 cm³/mol. The number of aliphatic hydroxyl groups excluding tert-OH is 2. The summed E-state index contributed by atoms with van der Waals surface area (Å²) in [5, 5.41) is 32.2. The second kappa shape index (κ2) is 16.5. The number of hydrogen-bond acceptors (Lipinski definition) is 4. The molecular weight excluding hydrogens is 300 g/mol. The summed E-state index contributed by atoms with van der Waals surface area (Å²) >= 11 is 0. The van der Waals surface area contributed by atoms with E-state index < -0.39 is 11.9 Å². The topological polar surface area (TPSA) is 115 Å². The van der Waals surface area contributed by atoms with Crippen molar-refractivity contribution in [2.45, 2.75) is 39.5 Å². The van der Waals surface area contributed by atoms with E-state index >= 15 is 0 Å². The van der Waals surface area contributed by atoms with Crippen LogP contribution in [0.15, 0.2) is 30.3 Å². The van der Waals surface area contributed by atoms with E-state index in [2.05, 4.69) is 6.92 Å². The van der Waals surface area contributed by atoms with Crippen LogP contribution in [0.5, 0.6) is 0 Å². The minimum atomic E-state index is -0.879. The van der Waals surface area contributed by atoms with E-state index in [-0.39, 0.29) is 19.1 Å². The number of carbonyl (C=O) groups is 2. The molecule has 1 aromatic carbocycles. The third kappa shape index (κ3) is 14.8. The number of hydrogen-bond donors (Lipinski definition) is 4. The number of benzene rings is 1. The number of aliphatic hydroxyl groups is 2. The number of aromatic carboxylic acids is 1. The molecule has 0 saturated carbocycles. The van der Waals surface area contributed by atoms with Gasteiger partial charge in [-0.25, -0.2) is 4.79 Å². The fraction of sp³-hybridized carbons (Fsp3) is 0.529. The molecular formula is C17H28O6. The molecule has 1 atom stereocenters. The summed E-state index contributed by atoms with van der Waals surface area (Å²) < 4.78 is 0. The van der Waals surface area contributed by atoms with Crippen molar-refractivity contribution < 1.29 is 30.0 Å². The van der Waals surface area contributed by atoms with Gasteiger partial charge in [0.2, 0.25) is 0 Å². The van der Waals surface area contributed by atoms with Gasteiger partial charge in [0.25, 0.3) is 0 Å². The molecule has 0 amide bonds. The Bertz CT molecular complexity index is 403. The highest BCUT2D eigenvalue weighted by atomic mass is 16.4. The van der Waals surface area contributed by atoms with Gasteiger partial charge in [-0.1, -0.05) is 44.9 Å². The van der Waals surface area contributed by atoms with E-state index in [1.807, 2.05) is 6.92 Å². The SMILES string of the molecule is CCCCC(CC)C(=O)O.O=C(O)c1ccccc1.OCCO. The molecule has 0 bridgehead atoms. The first-order valence-corrected chi connectivity index (χ1v) is 7.67. The monoisotopic (exact) mass is 328 g/mol. The lowest BCUT2D eigenvalue weighted by Crippen LogP contribution is -2.11. The molecule has 0 fully saturated rings. The van der Waals surface area contributed by atoms with Gasteiger partial charge in [-0.05, 0) is 25.0 Å². The Balaban J connectivity index is 0. The fourth-order valence-corrected chi connectivity index (χ4v) is 1.53. The molecule has 1 unspecified atom stereocenters. The van der Waals surface area contributed by atoms with Gasteiger partial charge >= 0.3 is 11.9 Å². The van der Waals surface area contributed by atoms with Crippen molar-refractivity contribution in [3.05, 3.63) is 35.9 Å². The second-order valence-electron chi connectivity index (χ2n) is 4.70. The van der Waals surface area contributed by atoms with Crippen LogP contribution in [-0.2, 0) is 4.79 Å². The third-order valence-electron chi connectivity index (χ3n) is 2.87. The Morgan fingerprint density at radius 2 is 1.52 bits per heavy atom. The van der Waals surface area contributed by atoms with Gasteiger partial charge in [-0.15, -0.1) is 0 Å². The van der Waals surface area contributed by atoms with Crippen molar-refractivity contribution in [2.24, 2.45) is 5.92 Å². The minimum absolute atomic E-state index is 0.111. The predicted octanol–water partition coefficient (Wildman–Crippen LogP) is 2.64. The van der Waals surface area contributed by atoms with Crippen molar-refractivity contribution in [2.75, 3.05) is 13.2 Å². The van der Waals surface area contributed by atoms with E-state index in [0.717, 1.165) is 25.7 Å². The van der Waals surface area contributed by atoms with Crippen molar-refractivity contribution in [1.82, 2.24) is 0 Å². The number of carboxylic acid groups (broad SMARTS) is 2. The molecule has 0 aliphatic carbocycles. The van der Waals surface area contributed by atoms with E-state index in [1.165, 1.54) is 0 Å². The summed E-state index contributed by atoms with van der Waals surface area (Å²) in [7, 11) is 0. The van der Waals surface area contributed by atoms with Gasteiger partial charge in [-0.3, -0.25) is 4.79 Å². The molecule has 0 radical (unpaired) electrons. The van der Waals surface area contributed by atoms with Gasteiger partial charge < -0.3 is 20.4 Å². The van der Waals surface area contributed by atoms with Crippen LogP contribution < -0.4 is 0 Å². The van der Waals surface area contributed by atoms with Crippen molar-refractivity contribution in [3.63, 3.8) is 0 Å². The molecule has 4 N–H and O–H groups in total. The molecule has 6 heteroatoms. The lowest BCUT2D eigenvalue weighted by atomic mass is 10.00. The third-order valence-corrected chi connectivity index (χ3v) is 2.87. The summed E-state index contributed by atoms with van der Waals surface area (Å²) in [5.41, 5.74) is 0.331. The van der Waals surface area contributed by atoms with Crippen LogP contribution in [0.4, 0.5) is 0 Å². The van der Waals surface area contributed by atoms with Crippen molar-refractivity contribution >= 4 is 11.9 Å². The largest absolute Gasteiger partial charge is 0.481 e. The van der Waals surface area contributed by atoms with Crippen molar-refractivity contribution in [1.29, 1.82) is 0 Å². The molecule has 0 spiro atoms. The Morgan fingerprint density at radius 1 is 1.00 bits per heavy atom. The molecule has 0 aromatic heterocycles. The highest BCUT2D eigenvalue weighted by Gasteiger charge is 2.12. The summed E-state index contributed by atoms with van der Waals surface area (Å²) in [6.07, 6.45) is 3.71. The van der Waals surface area contributed by atoms with Crippen LogP contribution in [-0.4, -0.2) is 45.6 Å². The highest BCUT2D eigenvalue weighted by Crippen LogP contribution is 2.11. The average molecular weight is 328 g/mol. The van der Waals surface area contributed by atoms with Gasteiger partial charge in [0.1, 0.15) is 0 Å². The van der Waals surface area contributed by atoms with E-state index in [1.54, 1.807) is 30.3 Å². The maximum Gasteiger partial charge on any atom is 0.335 e. The Hall–Kier alpha value is -1.92. The number of rotatable bonds is 7. The minimum Gasteiger partial charge on any atom is -0.481 e. The second-order valence-corrected chi connectivity index (χ2v) is 4.70. The Morgan fingerprint density at radius 3 is 1.78 bits per heavy atom. The highest BCUT2D eigenvalue weighted by molar-refractivity contribution is 5.87. The lowest BCUT2D eigenvalue weighted by molar-refractivity contribution is -0.142. The summed E-state index contributed by atoms with van der Waals surface area (Å²) in [5.74, 6) is -1.63. The molecule has 6 nitrogen and oxygen atoms in total. The zero-order chi connectivity index (χ0) is 18.1. The number of aliphatic carboxylic acids is 1. The van der Waals surface area contributed by atoms with Crippen LogP contribution in [0, 0.1) is 5.92 Å². The van der Waals surface area contributed by atoms with Gasteiger partial charge in [0.15, 0.2) is 0 Å². The standard InChI is InChI=1S/C8H16O2.C7H6O2.C2H6O2/c1-3-5-6-7(4-2)8(9)10;8-7(9)6-4-2-1-3-5-6;3-1-2-4/h7H,3-6H2,1-2H3,(H,9,10);1-5H,(H,8,9);3-4H,1-2H2. The number of carboxylic acids is 2. The molecule has 0 heterocycles. The zero-order valence-electron chi connectivity index (χ0n) is 13.8. The summed E-state index contributed by atoms with van der Waals surface area (Å²) in [4.78, 5) is 20.6. The molecule has 23 heavy (non-hydrogen) atoms. The smallest absolute Gasteiger partial charge is 0.335 e. The number of unbranched alkanes of at least 4 members (excludes halogenated alkanes) is 1. The first kappa shape index (κ1) is 23.3. The van der Waals surface area contributed by atoms with Crippen LogP contribution >= 0.6 is 0 Å². The van der Waals surface area contributed by atoms with Crippen LogP contribution in [0.2, 0.25) is 0 Å². The van der Waals surface area contributed by atoms with Gasteiger partial charge in [-0.2, -0.15) is 0 Å². The molecule has 1 aromatic rings. The first-order chi connectivity index (χ1) is 10.9. The summed E-state index contributed by atoms with van der Waals surface area (Å²) in [6, 6.07) is 8.30. The maximum atomic E-state index is 10.4. The van der Waals surface area contributed by atoms with Crippen molar-refractivity contribution in [3.8, 4) is 0 Å². The maximum absolute atomic E-state index is 10.4. The van der Waals surface area contributed by atoms with Gasteiger partial charge in [0.05, 0.1) is 24.7 Å². The first-order valence-electron chi connectivity index (χ1n) is 7.67. The Kier molecular flexibility index (Phi) is 16.7. The van der Waals surface area contributed by atoms with Gasteiger partial charge in [0, 0.05) is 0 Å². The average Bonchev–Trinajstić information content (AvgIpc) is 2.57. The van der Waals surface area contributed by atoms with Crippen LogP contribution in [0.25, 0.3) is 0 Å². The summed E-state index contributed by atoms with van der Waals surface area (Å²) in [6.45, 7) is 3.75. The molecule has 1 rings (SSSR count). The molecule has 132 valence electrons. The quantitative estimate of drug-likeness (QED) is 0.611. The zero-order valence-corrected chi connectivity index (χ0v) is 13.8. The lowest BCUT2D eigenvalue weighted by Gasteiger charge is -2.06. The van der Waals surface area contributed by atoms with E-state index in [9.17, 15) is 9.59 Å². The van der Waals surface area contributed by atoms with Crippen LogP contribution in [0.3, 0.4) is 0 Å².